The number of aryl methyl sites for hydroxylation is 1. The number of pyridine rings is 1. The van der Waals surface area contributed by atoms with E-state index in [9.17, 15) is 4.79 Å². The molecule has 2 aromatic rings. The maximum atomic E-state index is 13.0. The summed E-state index contributed by atoms with van der Waals surface area (Å²) in [5.74, 6) is 0.548. The SMILES string of the molecule is Cc1noc2nc(C(C)C)cc(C(=O)N(C)CCC(N)C(C)C)c12. The number of nitrogens with zero attached hydrogens (tertiary/aromatic N) is 3. The van der Waals surface area contributed by atoms with Crippen LogP contribution in [0.1, 0.15) is 61.8 Å². The summed E-state index contributed by atoms with van der Waals surface area (Å²) >= 11 is 0. The van der Waals surface area contributed by atoms with Crippen molar-refractivity contribution in [2.45, 2.75) is 53.0 Å². The fraction of sp³-hybridized carbons (Fsp3) is 0.611. The van der Waals surface area contributed by atoms with Crippen molar-refractivity contribution < 1.29 is 9.32 Å². The molecule has 1 unspecified atom stereocenters. The lowest BCUT2D eigenvalue weighted by Gasteiger charge is -2.22. The third kappa shape index (κ3) is 3.75. The van der Waals surface area contributed by atoms with Gasteiger partial charge in [0.15, 0.2) is 0 Å². The molecule has 0 aliphatic carbocycles. The molecule has 1 amide bonds. The van der Waals surface area contributed by atoms with Crippen LogP contribution in [0.25, 0.3) is 11.1 Å². The zero-order valence-corrected chi connectivity index (χ0v) is 15.5. The number of carbonyl (C=O) groups is 1. The highest BCUT2D eigenvalue weighted by Crippen LogP contribution is 2.26. The minimum absolute atomic E-state index is 0.0495. The number of hydrogen-bond donors (Lipinski definition) is 1. The molecule has 2 rings (SSSR count). The molecule has 0 radical (unpaired) electrons. The van der Waals surface area contributed by atoms with E-state index >= 15 is 0 Å². The Bertz CT molecular complexity index is 721. The van der Waals surface area contributed by atoms with Crippen LogP contribution in [0.3, 0.4) is 0 Å². The maximum absolute atomic E-state index is 13.0. The highest BCUT2D eigenvalue weighted by Gasteiger charge is 2.22. The summed E-state index contributed by atoms with van der Waals surface area (Å²) in [6, 6.07) is 1.94. The Kier molecular flexibility index (Phi) is 5.59. The lowest BCUT2D eigenvalue weighted by molar-refractivity contribution is 0.0791. The Morgan fingerprint density at radius 2 is 2.00 bits per heavy atom. The molecule has 2 heterocycles. The second kappa shape index (κ2) is 7.30. The third-order valence-corrected chi connectivity index (χ3v) is 4.46. The van der Waals surface area contributed by atoms with Crippen molar-refractivity contribution in [3.05, 3.63) is 23.0 Å². The average Bonchev–Trinajstić information content (AvgIpc) is 2.91. The molecule has 24 heavy (non-hydrogen) atoms. The van der Waals surface area contributed by atoms with Crippen molar-refractivity contribution in [1.29, 1.82) is 0 Å². The van der Waals surface area contributed by atoms with E-state index in [0.29, 0.717) is 34.8 Å². The average molecular weight is 332 g/mol. The molecule has 0 aliphatic heterocycles. The molecular formula is C18H28N4O2. The summed E-state index contributed by atoms with van der Waals surface area (Å²) in [7, 11) is 1.81. The Labute approximate surface area is 143 Å². The van der Waals surface area contributed by atoms with E-state index in [1.165, 1.54) is 0 Å². The number of hydrogen-bond acceptors (Lipinski definition) is 5. The normalized spacial score (nSPS) is 13.0. The molecule has 0 aliphatic rings. The second-order valence-corrected chi connectivity index (χ2v) is 7.12. The number of nitrogens with two attached hydrogens (primary N) is 1. The summed E-state index contributed by atoms with van der Waals surface area (Å²) in [4.78, 5) is 19.1. The van der Waals surface area contributed by atoms with Crippen molar-refractivity contribution >= 4 is 17.0 Å². The molecule has 6 nitrogen and oxygen atoms in total. The highest BCUT2D eigenvalue weighted by atomic mass is 16.5. The van der Waals surface area contributed by atoms with E-state index in [1.807, 2.05) is 26.8 Å². The maximum Gasteiger partial charge on any atom is 0.259 e. The predicted molar refractivity (Wildman–Crippen MR) is 95.0 cm³/mol. The van der Waals surface area contributed by atoms with Gasteiger partial charge >= 0.3 is 0 Å². The van der Waals surface area contributed by atoms with E-state index in [-0.39, 0.29) is 17.9 Å². The number of fused-ring (bicyclic) bond motifs is 1. The molecule has 2 aromatic heterocycles. The van der Waals surface area contributed by atoms with Crippen LogP contribution in [0.15, 0.2) is 10.6 Å². The lowest BCUT2D eigenvalue weighted by atomic mass is 10.0. The molecule has 0 bridgehead atoms. The van der Waals surface area contributed by atoms with Gasteiger partial charge in [-0.25, -0.2) is 4.98 Å². The van der Waals surface area contributed by atoms with Crippen molar-refractivity contribution in [1.82, 2.24) is 15.0 Å². The van der Waals surface area contributed by atoms with Crippen LogP contribution in [0.2, 0.25) is 0 Å². The number of amides is 1. The molecule has 6 heteroatoms. The number of carbonyl (C=O) groups excluding carboxylic acids is 1. The van der Waals surface area contributed by atoms with Gasteiger partial charge in [-0.3, -0.25) is 4.79 Å². The van der Waals surface area contributed by atoms with Crippen LogP contribution in [0.5, 0.6) is 0 Å². The molecule has 0 fully saturated rings. The molecule has 0 saturated carbocycles. The predicted octanol–water partition coefficient (Wildman–Crippen LogP) is 3.10. The Morgan fingerprint density at radius 3 is 2.58 bits per heavy atom. The van der Waals surface area contributed by atoms with Crippen LogP contribution in [0.4, 0.5) is 0 Å². The summed E-state index contributed by atoms with van der Waals surface area (Å²) < 4.78 is 5.29. The first-order chi connectivity index (χ1) is 11.2. The quantitative estimate of drug-likeness (QED) is 0.878. The van der Waals surface area contributed by atoms with Gasteiger partial charge in [-0.15, -0.1) is 0 Å². The van der Waals surface area contributed by atoms with Gasteiger partial charge in [0.1, 0.15) is 0 Å². The van der Waals surface area contributed by atoms with Crippen molar-refractivity contribution in [3.8, 4) is 0 Å². The topological polar surface area (TPSA) is 85.2 Å². The van der Waals surface area contributed by atoms with Gasteiger partial charge in [-0.2, -0.15) is 0 Å². The van der Waals surface area contributed by atoms with E-state index < -0.39 is 0 Å². The van der Waals surface area contributed by atoms with Crippen molar-refractivity contribution in [3.63, 3.8) is 0 Å². The van der Waals surface area contributed by atoms with Gasteiger partial charge in [-0.1, -0.05) is 32.9 Å². The standard InChI is InChI=1S/C18H28N4O2/c1-10(2)14(19)7-8-22(6)18(23)13-9-15(11(3)4)20-17-16(13)12(5)21-24-17/h9-11,14H,7-8,19H2,1-6H3. The zero-order chi connectivity index (χ0) is 18.0. The Morgan fingerprint density at radius 1 is 1.33 bits per heavy atom. The largest absolute Gasteiger partial charge is 0.342 e. The van der Waals surface area contributed by atoms with Gasteiger partial charge in [0, 0.05) is 25.3 Å². The van der Waals surface area contributed by atoms with Gasteiger partial charge < -0.3 is 15.2 Å². The lowest BCUT2D eigenvalue weighted by Crippen LogP contribution is -2.34. The van der Waals surface area contributed by atoms with Gasteiger partial charge in [0.05, 0.1) is 16.6 Å². The van der Waals surface area contributed by atoms with Crippen LogP contribution in [0, 0.1) is 12.8 Å². The Hall–Kier alpha value is -1.95. The van der Waals surface area contributed by atoms with E-state index in [1.54, 1.807) is 11.9 Å². The minimum Gasteiger partial charge on any atom is -0.342 e. The monoisotopic (exact) mass is 332 g/mol. The molecule has 132 valence electrons. The van der Waals surface area contributed by atoms with Gasteiger partial charge in [0.25, 0.3) is 11.6 Å². The van der Waals surface area contributed by atoms with Crippen molar-refractivity contribution in [2.24, 2.45) is 11.7 Å². The van der Waals surface area contributed by atoms with Crippen LogP contribution in [-0.4, -0.2) is 40.6 Å². The molecular weight excluding hydrogens is 304 g/mol. The van der Waals surface area contributed by atoms with Gasteiger partial charge in [-0.05, 0) is 31.2 Å². The number of aromatic nitrogens is 2. The minimum atomic E-state index is -0.0495. The first-order valence-electron chi connectivity index (χ1n) is 8.50. The first-order valence-corrected chi connectivity index (χ1v) is 8.50. The summed E-state index contributed by atoms with van der Waals surface area (Å²) in [5, 5.41) is 4.67. The molecule has 0 saturated heterocycles. The van der Waals surface area contributed by atoms with Crippen LogP contribution in [-0.2, 0) is 0 Å². The zero-order valence-electron chi connectivity index (χ0n) is 15.5. The molecule has 1 atom stereocenters. The van der Waals surface area contributed by atoms with Gasteiger partial charge in [0.2, 0.25) is 0 Å². The Balaban J connectivity index is 2.32. The molecule has 0 aromatic carbocycles. The molecule has 2 N–H and O–H groups in total. The summed E-state index contributed by atoms with van der Waals surface area (Å²) in [6.45, 7) is 10.7. The fourth-order valence-electron chi connectivity index (χ4n) is 2.56. The van der Waals surface area contributed by atoms with Crippen molar-refractivity contribution in [2.75, 3.05) is 13.6 Å². The molecule has 0 spiro atoms. The van der Waals surface area contributed by atoms with Crippen LogP contribution >= 0.6 is 0 Å². The first kappa shape index (κ1) is 18.4. The van der Waals surface area contributed by atoms with E-state index in [4.69, 9.17) is 10.3 Å². The fourth-order valence-corrected chi connectivity index (χ4v) is 2.56. The second-order valence-electron chi connectivity index (χ2n) is 7.12. The number of rotatable bonds is 6. The summed E-state index contributed by atoms with van der Waals surface area (Å²) in [6.07, 6.45) is 0.772. The highest BCUT2D eigenvalue weighted by molar-refractivity contribution is 6.05. The smallest absolute Gasteiger partial charge is 0.259 e. The van der Waals surface area contributed by atoms with Crippen LogP contribution < -0.4 is 5.73 Å². The van der Waals surface area contributed by atoms with E-state index in [0.717, 1.165) is 12.1 Å². The summed E-state index contributed by atoms with van der Waals surface area (Å²) in [5.41, 5.74) is 8.63. The van der Waals surface area contributed by atoms with E-state index in [2.05, 4.69) is 24.0 Å². The third-order valence-electron chi connectivity index (χ3n) is 4.46.